The number of thioether (sulfide) groups is 1. The minimum absolute atomic E-state index is 0.313. The van der Waals surface area contributed by atoms with Crippen molar-refractivity contribution in [3.8, 4) is 0 Å². The summed E-state index contributed by atoms with van der Waals surface area (Å²) >= 11 is 1.49. The van der Waals surface area contributed by atoms with Crippen molar-refractivity contribution in [2.75, 3.05) is 25.1 Å². The number of aliphatic carboxylic acids is 1. The van der Waals surface area contributed by atoms with Crippen LogP contribution < -0.4 is 33.2 Å². The first-order valence-corrected chi connectivity index (χ1v) is 12.4. The first kappa shape index (κ1) is 30.1. The van der Waals surface area contributed by atoms with Crippen molar-refractivity contribution in [1.29, 1.82) is 0 Å². The zero-order chi connectivity index (χ0) is 24.5. The summed E-state index contributed by atoms with van der Waals surface area (Å²) in [5.41, 5.74) is 16.9. The highest BCUT2D eigenvalue weighted by atomic mass is 32.2. The van der Waals surface area contributed by atoms with Gasteiger partial charge in [-0.05, 0) is 70.5 Å². The summed E-state index contributed by atoms with van der Waals surface area (Å²) in [6.45, 7) is 2.31. The molecule has 0 aliphatic heterocycles. The Kier molecular flexibility index (Phi) is 16.6. The Labute approximate surface area is 194 Å². The quantitative estimate of drug-likeness (QED) is 0.120. The molecule has 12 heteroatoms. The number of nitrogens with two attached hydrogens (primary N) is 3. The molecule has 0 aliphatic carbocycles. The fourth-order valence-electron chi connectivity index (χ4n) is 2.83. The van der Waals surface area contributed by atoms with Crippen LogP contribution in [0.5, 0.6) is 0 Å². The molecule has 3 amide bonds. The SMILES string of the molecule is CSCCC(NC(=O)C(CCCCN)NC(=O)C(N)CCCCN)C(=O)NC(C)C(=O)O. The molecule has 4 unspecified atom stereocenters. The highest BCUT2D eigenvalue weighted by Gasteiger charge is 2.28. The van der Waals surface area contributed by atoms with E-state index in [9.17, 15) is 19.2 Å². The predicted molar refractivity (Wildman–Crippen MR) is 126 cm³/mol. The summed E-state index contributed by atoms with van der Waals surface area (Å²) in [6, 6.07) is -3.67. The van der Waals surface area contributed by atoms with Crippen molar-refractivity contribution in [2.45, 2.75) is 76.0 Å². The Bertz CT molecular complexity index is 595. The zero-order valence-electron chi connectivity index (χ0n) is 19.1. The van der Waals surface area contributed by atoms with Gasteiger partial charge in [-0.1, -0.05) is 6.42 Å². The second kappa shape index (κ2) is 17.6. The largest absolute Gasteiger partial charge is 0.480 e. The van der Waals surface area contributed by atoms with E-state index < -0.39 is 47.9 Å². The number of carbonyl (C=O) groups excluding carboxylic acids is 3. The number of nitrogens with one attached hydrogen (secondary N) is 3. The van der Waals surface area contributed by atoms with Crippen LogP contribution in [-0.2, 0) is 19.2 Å². The minimum Gasteiger partial charge on any atom is -0.480 e. The van der Waals surface area contributed by atoms with E-state index in [0.717, 1.165) is 6.42 Å². The van der Waals surface area contributed by atoms with E-state index in [0.29, 0.717) is 57.4 Å². The van der Waals surface area contributed by atoms with E-state index in [1.54, 1.807) is 0 Å². The normalized spacial score (nSPS) is 14.7. The Morgan fingerprint density at radius 2 is 1.31 bits per heavy atom. The van der Waals surface area contributed by atoms with Gasteiger partial charge in [0, 0.05) is 0 Å². The molecule has 0 saturated carbocycles. The maximum absolute atomic E-state index is 12.9. The highest BCUT2D eigenvalue weighted by molar-refractivity contribution is 7.98. The molecule has 0 aromatic heterocycles. The summed E-state index contributed by atoms with van der Waals surface area (Å²) in [6.07, 6.45) is 5.70. The average Bonchev–Trinajstić information content (AvgIpc) is 2.75. The Morgan fingerprint density at radius 3 is 1.84 bits per heavy atom. The topological polar surface area (TPSA) is 203 Å². The Balaban J connectivity index is 5.22. The Hall–Kier alpha value is -1.89. The molecule has 0 rings (SSSR count). The molecule has 0 aromatic rings. The van der Waals surface area contributed by atoms with Crippen molar-refractivity contribution in [3.63, 3.8) is 0 Å². The van der Waals surface area contributed by atoms with Gasteiger partial charge in [0.2, 0.25) is 17.7 Å². The van der Waals surface area contributed by atoms with Gasteiger partial charge >= 0.3 is 5.97 Å². The van der Waals surface area contributed by atoms with Crippen LogP contribution in [0.15, 0.2) is 0 Å². The average molecular weight is 477 g/mol. The zero-order valence-corrected chi connectivity index (χ0v) is 19.9. The number of unbranched alkanes of at least 4 members (excludes halogenated alkanes) is 2. The third-order valence-electron chi connectivity index (χ3n) is 4.86. The van der Waals surface area contributed by atoms with Crippen LogP contribution in [-0.4, -0.2) is 78.1 Å². The van der Waals surface area contributed by atoms with Crippen LogP contribution in [0.1, 0.15) is 51.9 Å². The number of carboxylic acid groups (broad SMARTS) is 1. The van der Waals surface area contributed by atoms with Crippen LogP contribution in [0.3, 0.4) is 0 Å². The summed E-state index contributed by atoms with van der Waals surface area (Å²) in [5, 5.41) is 16.7. The van der Waals surface area contributed by atoms with Gasteiger partial charge in [0.25, 0.3) is 0 Å². The second-order valence-electron chi connectivity index (χ2n) is 7.65. The lowest BCUT2D eigenvalue weighted by atomic mass is 10.1. The lowest BCUT2D eigenvalue weighted by Gasteiger charge is -2.24. The number of hydrogen-bond acceptors (Lipinski definition) is 8. The van der Waals surface area contributed by atoms with Crippen LogP contribution >= 0.6 is 11.8 Å². The van der Waals surface area contributed by atoms with E-state index in [4.69, 9.17) is 22.3 Å². The van der Waals surface area contributed by atoms with Crippen molar-refractivity contribution < 1.29 is 24.3 Å². The number of amides is 3. The van der Waals surface area contributed by atoms with Gasteiger partial charge in [0.1, 0.15) is 18.1 Å². The van der Waals surface area contributed by atoms with Crippen LogP contribution in [0.25, 0.3) is 0 Å². The van der Waals surface area contributed by atoms with Gasteiger partial charge in [-0.2, -0.15) is 11.8 Å². The molecular weight excluding hydrogens is 436 g/mol. The van der Waals surface area contributed by atoms with Crippen molar-refractivity contribution >= 4 is 35.5 Å². The predicted octanol–water partition coefficient (Wildman–Crippen LogP) is -1.12. The standard InChI is InChI=1S/C20H40N6O5S/c1-13(20(30)31)24-18(28)16(9-12-32-2)26-19(29)15(8-4-6-11-22)25-17(27)14(23)7-3-5-10-21/h13-16H,3-12,21-23H2,1-2H3,(H,24,28)(H,25,27)(H,26,29)(H,30,31). The maximum Gasteiger partial charge on any atom is 0.325 e. The van der Waals surface area contributed by atoms with Gasteiger partial charge in [-0.3, -0.25) is 19.2 Å². The molecule has 0 radical (unpaired) electrons. The molecule has 186 valence electrons. The number of carbonyl (C=O) groups is 4. The lowest BCUT2D eigenvalue weighted by Crippen LogP contribution is -2.57. The number of carboxylic acids is 1. The summed E-state index contributed by atoms with van der Waals surface area (Å²) < 4.78 is 0. The van der Waals surface area contributed by atoms with Crippen LogP contribution in [0.4, 0.5) is 0 Å². The van der Waals surface area contributed by atoms with Gasteiger partial charge in [0.15, 0.2) is 0 Å². The molecule has 10 N–H and O–H groups in total. The smallest absolute Gasteiger partial charge is 0.325 e. The molecular formula is C20H40N6O5S. The molecule has 0 aromatic carbocycles. The third kappa shape index (κ3) is 12.8. The highest BCUT2D eigenvalue weighted by Crippen LogP contribution is 2.07. The molecule has 0 fully saturated rings. The number of hydrogen-bond donors (Lipinski definition) is 7. The summed E-state index contributed by atoms with van der Waals surface area (Å²) in [7, 11) is 0. The molecule has 32 heavy (non-hydrogen) atoms. The van der Waals surface area contributed by atoms with E-state index >= 15 is 0 Å². The molecule has 0 spiro atoms. The fraction of sp³-hybridized carbons (Fsp3) is 0.800. The summed E-state index contributed by atoms with van der Waals surface area (Å²) in [5.74, 6) is -2.15. The van der Waals surface area contributed by atoms with Crippen LogP contribution in [0.2, 0.25) is 0 Å². The van der Waals surface area contributed by atoms with Gasteiger partial charge < -0.3 is 38.3 Å². The number of rotatable bonds is 18. The van der Waals surface area contributed by atoms with Crippen LogP contribution in [0, 0.1) is 0 Å². The molecule has 0 heterocycles. The van der Waals surface area contributed by atoms with Crippen molar-refractivity contribution in [3.05, 3.63) is 0 Å². The first-order valence-electron chi connectivity index (χ1n) is 11.0. The van der Waals surface area contributed by atoms with Gasteiger partial charge in [0.05, 0.1) is 6.04 Å². The van der Waals surface area contributed by atoms with E-state index in [-0.39, 0.29) is 0 Å². The van der Waals surface area contributed by atoms with Crippen molar-refractivity contribution in [1.82, 2.24) is 16.0 Å². The molecule has 4 atom stereocenters. The van der Waals surface area contributed by atoms with E-state index in [1.807, 2.05) is 6.26 Å². The molecule has 0 saturated heterocycles. The summed E-state index contributed by atoms with van der Waals surface area (Å²) in [4.78, 5) is 49.0. The first-order chi connectivity index (χ1) is 15.2. The molecule has 0 aliphatic rings. The van der Waals surface area contributed by atoms with Crippen molar-refractivity contribution in [2.24, 2.45) is 17.2 Å². The van der Waals surface area contributed by atoms with Gasteiger partial charge in [-0.25, -0.2) is 0 Å². The second-order valence-corrected chi connectivity index (χ2v) is 8.63. The minimum atomic E-state index is -1.18. The Morgan fingerprint density at radius 1 is 0.812 bits per heavy atom. The maximum atomic E-state index is 12.9. The fourth-order valence-corrected chi connectivity index (χ4v) is 3.30. The monoisotopic (exact) mass is 476 g/mol. The molecule has 11 nitrogen and oxygen atoms in total. The third-order valence-corrected chi connectivity index (χ3v) is 5.50. The van der Waals surface area contributed by atoms with E-state index in [2.05, 4.69) is 16.0 Å². The lowest BCUT2D eigenvalue weighted by molar-refractivity contribution is -0.141. The van der Waals surface area contributed by atoms with E-state index in [1.165, 1.54) is 18.7 Å². The molecule has 0 bridgehead atoms. The van der Waals surface area contributed by atoms with Gasteiger partial charge in [-0.15, -0.1) is 0 Å².